The lowest BCUT2D eigenvalue weighted by Gasteiger charge is -2.40. The Bertz CT molecular complexity index is 937. The average molecular weight is 802 g/mol. The van der Waals surface area contributed by atoms with E-state index in [4.69, 9.17) is 9.47 Å². The van der Waals surface area contributed by atoms with Crippen molar-refractivity contribution < 1.29 is 50.0 Å². The van der Waals surface area contributed by atoms with E-state index >= 15 is 0 Å². The number of aliphatic hydroxyl groups excluding tert-OH is 7. The highest BCUT2D eigenvalue weighted by molar-refractivity contribution is 5.80. The molecule has 1 saturated heterocycles. The second-order valence-electron chi connectivity index (χ2n) is 17.0. The number of unbranched alkanes of at least 4 members (excludes halogenated alkanes) is 21. The van der Waals surface area contributed by atoms with Gasteiger partial charge in [0, 0.05) is 0 Å². The SMILES string of the molecule is CCCCCC/C=C/CCCCCCCCCCCCC[C@@H](O)C(=O)N[C@@H](CO[C@@H]1O[C@H](CO)[C@@H](O)[C@H](O)[C@H]1O)[C@H](O)[C@H](O)CCCCCCCCCC(C)C. The molecule has 0 saturated carbocycles. The monoisotopic (exact) mass is 802 g/mol. The third-order valence-corrected chi connectivity index (χ3v) is 11.2. The predicted octanol–water partition coefficient (Wildman–Crippen LogP) is 7.14. The van der Waals surface area contributed by atoms with Crippen LogP contribution in [0.4, 0.5) is 0 Å². The van der Waals surface area contributed by atoms with E-state index < -0.39 is 74.2 Å². The molecule has 0 aromatic rings. The number of allylic oxidation sites excluding steroid dienone is 2. The maximum Gasteiger partial charge on any atom is 0.249 e. The molecule has 11 heteroatoms. The van der Waals surface area contributed by atoms with E-state index in [1.54, 1.807) is 0 Å². The van der Waals surface area contributed by atoms with Gasteiger partial charge >= 0.3 is 0 Å². The quantitative estimate of drug-likeness (QED) is 0.0237. The normalized spacial score (nSPS) is 22.4. The Morgan fingerprint density at radius 1 is 0.643 bits per heavy atom. The van der Waals surface area contributed by atoms with Crippen LogP contribution in [0.2, 0.25) is 0 Å². The topological polar surface area (TPSA) is 189 Å². The van der Waals surface area contributed by atoms with Crippen LogP contribution in [0.15, 0.2) is 12.2 Å². The van der Waals surface area contributed by atoms with Crippen molar-refractivity contribution in [1.82, 2.24) is 5.32 Å². The summed E-state index contributed by atoms with van der Waals surface area (Å²) in [7, 11) is 0. The number of nitrogens with one attached hydrogen (secondary N) is 1. The fraction of sp³-hybridized carbons (Fsp3) is 0.933. The summed E-state index contributed by atoms with van der Waals surface area (Å²) in [6.45, 7) is 5.67. The Morgan fingerprint density at radius 3 is 1.61 bits per heavy atom. The van der Waals surface area contributed by atoms with Gasteiger partial charge in [-0.2, -0.15) is 0 Å². The lowest BCUT2D eigenvalue weighted by atomic mass is 9.98. The highest BCUT2D eigenvalue weighted by Gasteiger charge is 2.44. The number of aliphatic hydroxyl groups is 7. The molecule has 1 amide bonds. The zero-order chi connectivity index (χ0) is 41.4. The zero-order valence-corrected chi connectivity index (χ0v) is 35.8. The molecule has 0 unspecified atom stereocenters. The second kappa shape index (κ2) is 34.7. The Labute approximate surface area is 341 Å². The van der Waals surface area contributed by atoms with Crippen LogP contribution in [0.5, 0.6) is 0 Å². The highest BCUT2D eigenvalue weighted by Crippen LogP contribution is 2.23. The highest BCUT2D eigenvalue weighted by atomic mass is 16.7. The van der Waals surface area contributed by atoms with Crippen LogP contribution in [0.25, 0.3) is 0 Å². The van der Waals surface area contributed by atoms with Gasteiger partial charge in [-0.05, 0) is 44.4 Å². The number of rotatable bonds is 37. The van der Waals surface area contributed by atoms with Gasteiger partial charge < -0.3 is 50.5 Å². The summed E-state index contributed by atoms with van der Waals surface area (Å²) in [5, 5.41) is 75.5. The minimum atomic E-state index is -1.66. The Hall–Kier alpha value is -1.15. The van der Waals surface area contributed by atoms with Crippen molar-refractivity contribution in [2.24, 2.45) is 5.92 Å². The Morgan fingerprint density at radius 2 is 1.11 bits per heavy atom. The lowest BCUT2D eigenvalue weighted by Crippen LogP contribution is -2.60. The number of carbonyl (C=O) groups is 1. The third-order valence-electron chi connectivity index (χ3n) is 11.2. The molecule has 1 fully saturated rings. The number of ether oxygens (including phenoxy) is 2. The van der Waals surface area contributed by atoms with Gasteiger partial charge in [0.25, 0.3) is 0 Å². The van der Waals surface area contributed by atoms with Gasteiger partial charge in [-0.1, -0.05) is 168 Å². The molecular formula is C45H87NO10. The van der Waals surface area contributed by atoms with Crippen molar-refractivity contribution in [2.45, 2.75) is 249 Å². The standard InChI is InChI=1S/C45H87NO10/c1-4-5-6-7-8-9-10-11-12-13-14-15-16-17-18-19-22-26-29-32-38(49)44(54)46-36(34-55-45-43(53)42(52)41(51)39(33-47)56-45)40(50)37(48)31-28-25-23-20-21-24-27-30-35(2)3/h9-10,35-43,45,47-53H,4-8,11-34H2,1-3H3,(H,46,54)/b10-9+/t36-,37+,38+,39+,40-,41+,42-,43+,45+/m0/s1. The van der Waals surface area contributed by atoms with Crippen molar-refractivity contribution in [3.63, 3.8) is 0 Å². The fourth-order valence-corrected chi connectivity index (χ4v) is 7.38. The third kappa shape index (κ3) is 25.4. The molecule has 1 aliphatic heterocycles. The van der Waals surface area contributed by atoms with Gasteiger partial charge in [0.1, 0.15) is 36.6 Å². The van der Waals surface area contributed by atoms with E-state index in [1.807, 2.05) is 0 Å². The molecule has 9 atom stereocenters. The first kappa shape index (κ1) is 52.9. The van der Waals surface area contributed by atoms with Crippen LogP contribution in [0, 0.1) is 5.92 Å². The van der Waals surface area contributed by atoms with Gasteiger partial charge in [0.15, 0.2) is 6.29 Å². The molecule has 1 rings (SSSR count). The van der Waals surface area contributed by atoms with Crippen LogP contribution in [0.1, 0.15) is 194 Å². The van der Waals surface area contributed by atoms with E-state index in [9.17, 15) is 40.5 Å². The first-order valence-corrected chi connectivity index (χ1v) is 22.9. The number of amides is 1. The molecular weight excluding hydrogens is 714 g/mol. The molecule has 332 valence electrons. The summed E-state index contributed by atoms with van der Waals surface area (Å²) < 4.78 is 11.1. The summed E-state index contributed by atoms with van der Waals surface area (Å²) in [5.41, 5.74) is 0. The molecule has 8 N–H and O–H groups in total. The smallest absolute Gasteiger partial charge is 0.249 e. The molecule has 56 heavy (non-hydrogen) atoms. The van der Waals surface area contributed by atoms with Crippen LogP contribution in [0.3, 0.4) is 0 Å². The van der Waals surface area contributed by atoms with E-state index in [0.717, 1.165) is 44.4 Å². The molecule has 0 aromatic heterocycles. The maximum absolute atomic E-state index is 13.1. The van der Waals surface area contributed by atoms with Crippen LogP contribution >= 0.6 is 0 Å². The number of carbonyl (C=O) groups excluding carboxylic acids is 1. The second-order valence-corrected chi connectivity index (χ2v) is 17.0. The van der Waals surface area contributed by atoms with Gasteiger partial charge in [0.2, 0.25) is 5.91 Å². The Kier molecular flexibility index (Phi) is 32.7. The van der Waals surface area contributed by atoms with Crippen LogP contribution in [-0.2, 0) is 14.3 Å². The molecule has 0 spiro atoms. The molecule has 1 heterocycles. The molecule has 1 aliphatic rings. The van der Waals surface area contributed by atoms with Crippen molar-refractivity contribution in [2.75, 3.05) is 13.2 Å². The molecule has 0 aliphatic carbocycles. The Balaban J connectivity index is 2.41. The van der Waals surface area contributed by atoms with Crippen molar-refractivity contribution in [3.8, 4) is 0 Å². The lowest BCUT2D eigenvalue weighted by molar-refractivity contribution is -0.303. The predicted molar refractivity (Wildman–Crippen MR) is 224 cm³/mol. The fourth-order valence-electron chi connectivity index (χ4n) is 7.38. The van der Waals surface area contributed by atoms with Gasteiger partial charge in [-0.15, -0.1) is 0 Å². The summed E-state index contributed by atoms with van der Waals surface area (Å²) >= 11 is 0. The summed E-state index contributed by atoms with van der Waals surface area (Å²) in [4.78, 5) is 13.1. The minimum absolute atomic E-state index is 0.260. The summed E-state index contributed by atoms with van der Waals surface area (Å²) in [6, 6.07) is -1.16. The molecule has 11 nitrogen and oxygen atoms in total. The van der Waals surface area contributed by atoms with Crippen molar-refractivity contribution in [1.29, 1.82) is 0 Å². The minimum Gasteiger partial charge on any atom is -0.394 e. The van der Waals surface area contributed by atoms with Gasteiger partial charge in [-0.25, -0.2) is 0 Å². The maximum atomic E-state index is 13.1. The first-order valence-electron chi connectivity index (χ1n) is 22.9. The van der Waals surface area contributed by atoms with Crippen molar-refractivity contribution in [3.05, 3.63) is 12.2 Å². The van der Waals surface area contributed by atoms with Crippen LogP contribution in [-0.4, -0.2) is 110 Å². The summed E-state index contributed by atoms with van der Waals surface area (Å²) in [6.07, 6.45) is 22.9. The molecule has 0 aromatic carbocycles. The summed E-state index contributed by atoms with van der Waals surface area (Å²) in [5.74, 6) is 0.0269. The van der Waals surface area contributed by atoms with Gasteiger partial charge in [-0.3, -0.25) is 4.79 Å². The number of hydrogen-bond acceptors (Lipinski definition) is 10. The van der Waals surface area contributed by atoms with Crippen LogP contribution < -0.4 is 5.32 Å². The van der Waals surface area contributed by atoms with Crippen molar-refractivity contribution >= 4 is 5.91 Å². The molecule has 0 radical (unpaired) electrons. The largest absolute Gasteiger partial charge is 0.394 e. The molecule has 0 bridgehead atoms. The van der Waals surface area contributed by atoms with E-state index in [0.29, 0.717) is 19.3 Å². The average Bonchev–Trinajstić information content (AvgIpc) is 3.18. The number of hydrogen-bond donors (Lipinski definition) is 8. The van der Waals surface area contributed by atoms with E-state index in [2.05, 4.69) is 38.2 Å². The van der Waals surface area contributed by atoms with E-state index in [-0.39, 0.29) is 6.42 Å². The zero-order valence-electron chi connectivity index (χ0n) is 35.8. The first-order chi connectivity index (χ1) is 27.0. The van der Waals surface area contributed by atoms with E-state index in [1.165, 1.54) is 109 Å². The van der Waals surface area contributed by atoms with Gasteiger partial charge in [0.05, 0.1) is 25.4 Å².